The Morgan fingerprint density at radius 3 is 2.06 bits per heavy atom. The van der Waals surface area contributed by atoms with Crippen molar-refractivity contribution in [1.82, 2.24) is 10.2 Å². The number of nitrogens with one attached hydrogen (secondary N) is 1. The fraction of sp³-hybridized carbons (Fsp3) is 0. The third-order valence-electron chi connectivity index (χ3n) is 1.82. The fourth-order valence-electron chi connectivity index (χ4n) is 1.05. The molecule has 1 aromatic heterocycles. The number of hydrogen-bond acceptors (Lipinski definition) is 1. The molecule has 2 rings (SSSR count). The van der Waals surface area contributed by atoms with Crippen LogP contribution < -0.4 is 0 Å². The van der Waals surface area contributed by atoms with E-state index < -0.39 is 0 Å². The van der Waals surface area contributed by atoms with Crippen molar-refractivity contribution in [3.05, 3.63) is 85.2 Å². The van der Waals surface area contributed by atoms with E-state index in [4.69, 9.17) is 0 Å². The molecule has 0 aliphatic rings. The highest BCUT2D eigenvalue weighted by atomic mass is 15.1. The minimum absolute atomic E-state index is 0.999. The molecule has 0 saturated heterocycles. The molecule has 0 fully saturated rings. The molecule has 86 valence electrons. The molecule has 0 saturated carbocycles. The number of rotatable bonds is 3. The van der Waals surface area contributed by atoms with Crippen LogP contribution in [0.15, 0.2) is 79.5 Å². The Morgan fingerprint density at radius 1 is 0.941 bits per heavy atom. The summed E-state index contributed by atoms with van der Waals surface area (Å²) >= 11 is 0. The smallest absolute Gasteiger partial charge is 0.0577 e. The van der Waals surface area contributed by atoms with Gasteiger partial charge in [0.25, 0.3) is 0 Å². The molecule has 2 aromatic rings. The maximum absolute atomic E-state index is 3.80. The number of aromatic nitrogens is 2. The summed E-state index contributed by atoms with van der Waals surface area (Å²) in [5.74, 6) is 0. The predicted molar refractivity (Wildman–Crippen MR) is 73.4 cm³/mol. The van der Waals surface area contributed by atoms with Crippen LogP contribution in [-0.2, 0) is 0 Å². The summed E-state index contributed by atoms with van der Waals surface area (Å²) < 4.78 is 0. The van der Waals surface area contributed by atoms with E-state index in [-0.39, 0.29) is 0 Å². The molecule has 0 radical (unpaired) electrons. The Balaban J connectivity index is 0.000000202. The number of aromatic amines is 1. The van der Waals surface area contributed by atoms with Gasteiger partial charge in [0.2, 0.25) is 0 Å². The molecule has 0 aliphatic carbocycles. The molecule has 0 unspecified atom stereocenters. The number of nitrogens with zero attached hydrogens (tertiary/aromatic N) is 1. The van der Waals surface area contributed by atoms with Crippen molar-refractivity contribution in [2.45, 2.75) is 0 Å². The Kier molecular flexibility index (Phi) is 6.67. The Labute approximate surface area is 102 Å². The lowest BCUT2D eigenvalue weighted by Crippen LogP contribution is -1.68. The van der Waals surface area contributed by atoms with Gasteiger partial charge < -0.3 is 0 Å². The van der Waals surface area contributed by atoms with E-state index in [1.54, 1.807) is 12.3 Å². The van der Waals surface area contributed by atoms with Gasteiger partial charge in [-0.2, -0.15) is 5.10 Å². The van der Waals surface area contributed by atoms with Crippen LogP contribution in [0.4, 0.5) is 0 Å². The standard InChI is InChI=1S/C9H10N2.C6H6/c1-2-3-4-5-6-9-7-8-10-11-9;1-2-4-6-5-3-1/h2-8H,1H2,(H,10,11);1-6H/b4-3-,6-5-;. The minimum Gasteiger partial charge on any atom is -0.278 e. The SMILES string of the molecule is C=C/C=C\C=C/c1ccn[nH]1.c1ccccc1. The molecule has 0 spiro atoms. The second kappa shape index (κ2) is 8.92. The highest BCUT2D eigenvalue weighted by Gasteiger charge is 1.80. The molecule has 17 heavy (non-hydrogen) atoms. The molecule has 1 N–H and O–H groups in total. The van der Waals surface area contributed by atoms with Crippen molar-refractivity contribution in [3.8, 4) is 0 Å². The molecule has 2 nitrogen and oxygen atoms in total. The van der Waals surface area contributed by atoms with E-state index in [1.807, 2.05) is 66.8 Å². The first-order valence-corrected chi connectivity index (χ1v) is 5.38. The van der Waals surface area contributed by atoms with Crippen LogP contribution in [0.1, 0.15) is 5.69 Å². The maximum Gasteiger partial charge on any atom is 0.0577 e. The van der Waals surface area contributed by atoms with Crippen LogP contribution in [0, 0.1) is 0 Å². The lowest BCUT2D eigenvalue weighted by atomic mass is 10.3. The summed E-state index contributed by atoms with van der Waals surface area (Å²) in [6, 6.07) is 13.9. The maximum atomic E-state index is 3.80. The van der Waals surface area contributed by atoms with Crippen molar-refractivity contribution in [1.29, 1.82) is 0 Å². The van der Waals surface area contributed by atoms with E-state index in [0.717, 1.165) is 5.69 Å². The van der Waals surface area contributed by atoms with E-state index in [1.165, 1.54) is 0 Å². The van der Waals surface area contributed by atoms with Crippen LogP contribution in [0.25, 0.3) is 6.08 Å². The van der Waals surface area contributed by atoms with E-state index in [9.17, 15) is 0 Å². The van der Waals surface area contributed by atoms with Gasteiger partial charge in [-0.05, 0) is 12.1 Å². The third-order valence-corrected chi connectivity index (χ3v) is 1.82. The predicted octanol–water partition coefficient (Wildman–Crippen LogP) is 3.85. The summed E-state index contributed by atoms with van der Waals surface area (Å²) in [7, 11) is 0. The van der Waals surface area contributed by atoms with Crippen LogP contribution in [0.2, 0.25) is 0 Å². The first-order valence-electron chi connectivity index (χ1n) is 5.38. The molecule has 0 aliphatic heterocycles. The van der Waals surface area contributed by atoms with Crippen molar-refractivity contribution < 1.29 is 0 Å². The van der Waals surface area contributed by atoms with Gasteiger partial charge in [-0.3, -0.25) is 5.10 Å². The molecule has 0 atom stereocenters. The summed E-state index contributed by atoms with van der Waals surface area (Å²) in [6.07, 6.45) is 11.1. The highest BCUT2D eigenvalue weighted by molar-refractivity contribution is 5.45. The van der Waals surface area contributed by atoms with Crippen molar-refractivity contribution in [2.75, 3.05) is 0 Å². The average Bonchev–Trinajstić information content (AvgIpc) is 2.91. The van der Waals surface area contributed by atoms with Crippen molar-refractivity contribution in [2.24, 2.45) is 0 Å². The molecule has 0 amide bonds. The molecular weight excluding hydrogens is 208 g/mol. The van der Waals surface area contributed by atoms with Gasteiger partial charge in [-0.25, -0.2) is 0 Å². The molecule has 0 bridgehead atoms. The van der Waals surface area contributed by atoms with E-state index in [0.29, 0.717) is 0 Å². The quantitative estimate of drug-likeness (QED) is 0.788. The topological polar surface area (TPSA) is 28.7 Å². The summed E-state index contributed by atoms with van der Waals surface area (Å²) in [5.41, 5.74) is 0.999. The first kappa shape index (κ1) is 12.7. The minimum atomic E-state index is 0.999. The fourth-order valence-corrected chi connectivity index (χ4v) is 1.05. The second-order valence-electron chi connectivity index (χ2n) is 3.15. The van der Waals surface area contributed by atoms with Gasteiger partial charge in [0.1, 0.15) is 0 Å². The third kappa shape index (κ3) is 6.68. The van der Waals surface area contributed by atoms with Crippen LogP contribution in [0.5, 0.6) is 0 Å². The van der Waals surface area contributed by atoms with Crippen molar-refractivity contribution >= 4 is 6.08 Å². The Bertz CT molecular complexity index is 412. The summed E-state index contributed by atoms with van der Waals surface area (Å²) in [6.45, 7) is 3.55. The first-order chi connectivity index (χ1) is 8.43. The zero-order valence-electron chi connectivity index (χ0n) is 9.66. The zero-order valence-corrected chi connectivity index (χ0v) is 9.66. The van der Waals surface area contributed by atoms with Gasteiger partial charge in [0.15, 0.2) is 0 Å². The number of benzene rings is 1. The van der Waals surface area contributed by atoms with Gasteiger partial charge in [0.05, 0.1) is 5.69 Å². The van der Waals surface area contributed by atoms with Gasteiger partial charge in [-0.15, -0.1) is 0 Å². The normalized spacial score (nSPS) is 10.1. The lowest BCUT2D eigenvalue weighted by molar-refractivity contribution is 1.08. The average molecular weight is 224 g/mol. The van der Waals surface area contributed by atoms with Gasteiger partial charge >= 0.3 is 0 Å². The van der Waals surface area contributed by atoms with Gasteiger partial charge in [0, 0.05) is 6.20 Å². The molecule has 2 heteroatoms. The monoisotopic (exact) mass is 224 g/mol. The number of allylic oxidation sites excluding steroid dienone is 4. The molecule has 1 heterocycles. The largest absolute Gasteiger partial charge is 0.278 e. The van der Waals surface area contributed by atoms with Crippen molar-refractivity contribution in [3.63, 3.8) is 0 Å². The number of hydrogen-bond donors (Lipinski definition) is 1. The highest BCUT2D eigenvalue weighted by Crippen LogP contribution is 1.94. The second-order valence-corrected chi connectivity index (χ2v) is 3.15. The molecule has 1 aromatic carbocycles. The number of H-pyrrole nitrogens is 1. The lowest BCUT2D eigenvalue weighted by Gasteiger charge is -1.78. The Hall–Kier alpha value is -2.35. The summed E-state index contributed by atoms with van der Waals surface area (Å²) in [4.78, 5) is 0. The van der Waals surface area contributed by atoms with E-state index in [2.05, 4.69) is 16.8 Å². The Morgan fingerprint density at radius 2 is 1.59 bits per heavy atom. The zero-order chi connectivity index (χ0) is 12.2. The molecular formula is C15H16N2. The van der Waals surface area contributed by atoms with E-state index >= 15 is 0 Å². The van der Waals surface area contributed by atoms with Crippen LogP contribution >= 0.6 is 0 Å². The van der Waals surface area contributed by atoms with Crippen LogP contribution in [0.3, 0.4) is 0 Å². The van der Waals surface area contributed by atoms with Gasteiger partial charge in [-0.1, -0.05) is 67.3 Å². The van der Waals surface area contributed by atoms with Crippen LogP contribution in [-0.4, -0.2) is 10.2 Å². The summed E-state index contributed by atoms with van der Waals surface area (Å²) in [5, 5.41) is 6.62.